The van der Waals surface area contributed by atoms with Crippen LogP contribution in [0.1, 0.15) is 13.3 Å². The molecule has 2 aromatic rings. The lowest BCUT2D eigenvalue weighted by molar-refractivity contribution is -0.127. The summed E-state index contributed by atoms with van der Waals surface area (Å²) in [4.78, 5) is 14.3. The lowest BCUT2D eigenvalue weighted by Crippen LogP contribution is -2.37. The van der Waals surface area contributed by atoms with Gasteiger partial charge >= 0.3 is 0 Å². The zero-order valence-corrected chi connectivity index (χ0v) is 15.1. The Labute approximate surface area is 149 Å². The van der Waals surface area contributed by atoms with Gasteiger partial charge in [-0.2, -0.15) is 0 Å². The van der Waals surface area contributed by atoms with E-state index in [1.165, 1.54) is 5.69 Å². The number of benzene rings is 2. The summed E-state index contributed by atoms with van der Waals surface area (Å²) in [5.41, 5.74) is 1.17. The molecule has 1 N–H and O–H groups in total. The maximum absolute atomic E-state index is 12.2. The summed E-state index contributed by atoms with van der Waals surface area (Å²) < 4.78 is 10.9. The van der Waals surface area contributed by atoms with E-state index in [4.69, 9.17) is 9.47 Å². The predicted octanol–water partition coefficient (Wildman–Crippen LogP) is 3.11. The van der Waals surface area contributed by atoms with Crippen LogP contribution in [0.5, 0.6) is 11.5 Å². The molecule has 0 unspecified atom stereocenters. The Morgan fingerprint density at radius 3 is 2.40 bits per heavy atom. The van der Waals surface area contributed by atoms with Gasteiger partial charge in [-0.15, -0.1) is 0 Å². The third-order valence-electron chi connectivity index (χ3n) is 3.91. The SMILES string of the molecule is COc1ccccc1O[C@@H](C)C(=O)NCCCN(C)c1ccccc1. The van der Waals surface area contributed by atoms with Crippen LogP contribution in [0.4, 0.5) is 5.69 Å². The van der Waals surface area contributed by atoms with Gasteiger partial charge in [0.1, 0.15) is 0 Å². The van der Waals surface area contributed by atoms with Gasteiger partial charge in [-0.25, -0.2) is 0 Å². The van der Waals surface area contributed by atoms with Crippen LogP contribution in [0.15, 0.2) is 54.6 Å². The molecule has 25 heavy (non-hydrogen) atoms. The Balaban J connectivity index is 1.72. The number of ether oxygens (including phenoxy) is 2. The second-order valence-corrected chi connectivity index (χ2v) is 5.81. The van der Waals surface area contributed by atoms with Crippen molar-refractivity contribution < 1.29 is 14.3 Å². The number of nitrogens with zero attached hydrogens (tertiary/aromatic N) is 1. The summed E-state index contributed by atoms with van der Waals surface area (Å²) in [6.45, 7) is 3.21. The highest BCUT2D eigenvalue weighted by molar-refractivity contribution is 5.80. The highest BCUT2D eigenvalue weighted by Gasteiger charge is 2.16. The molecule has 0 fully saturated rings. The molecule has 0 aliphatic rings. The number of hydrogen-bond donors (Lipinski definition) is 1. The minimum Gasteiger partial charge on any atom is -0.493 e. The molecular formula is C20H26N2O3. The smallest absolute Gasteiger partial charge is 0.260 e. The second kappa shape index (κ2) is 9.57. The van der Waals surface area contributed by atoms with Gasteiger partial charge in [-0.05, 0) is 37.6 Å². The standard InChI is InChI=1S/C20H26N2O3/c1-16(25-19-13-8-7-12-18(19)24-3)20(23)21-14-9-15-22(2)17-10-5-4-6-11-17/h4-8,10-13,16H,9,14-15H2,1-3H3,(H,21,23)/t16-/m0/s1. The molecule has 134 valence electrons. The number of rotatable bonds is 9. The zero-order valence-electron chi connectivity index (χ0n) is 15.1. The summed E-state index contributed by atoms with van der Waals surface area (Å²) in [6, 6.07) is 17.5. The van der Waals surface area contributed by atoms with Crippen LogP contribution < -0.4 is 19.7 Å². The van der Waals surface area contributed by atoms with Crippen LogP contribution in [0.2, 0.25) is 0 Å². The molecule has 1 amide bonds. The fourth-order valence-corrected chi connectivity index (χ4v) is 2.44. The lowest BCUT2D eigenvalue weighted by Gasteiger charge is -2.20. The van der Waals surface area contributed by atoms with Crippen molar-refractivity contribution in [2.75, 3.05) is 32.1 Å². The predicted molar refractivity (Wildman–Crippen MR) is 100 cm³/mol. The summed E-state index contributed by atoms with van der Waals surface area (Å²) in [7, 11) is 3.63. The van der Waals surface area contributed by atoms with Crippen molar-refractivity contribution >= 4 is 11.6 Å². The van der Waals surface area contributed by atoms with E-state index in [0.717, 1.165) is 13.0 Å². The second-order valence-electron chi connectivity index (χ2n) is 5.81. The molecule has 0 aromatic heterocycles. The van der Waals surface area contributed by atoms with Crippen molar-refractivity contribution in [1.29, 1.82) is 0 Å². The number of methoxy groups -OCH3 is 1. The highest BCUT2D eigenvalue weighted by atomic mass is 16.5. The molecule has 0 aliphatic heterocycles. The molecule has 0 radical (unpaired) electrons. The van der Waals surface area contributed by atoms with Crippen LogP contribution in [0, 0.1) is 0 Å². The van der Waals surface area contributed by atoms with Gasteiger partial charge in [-0.3, -0.25) is 4.79 Å². The first-order valence-corrected chi connectivity index (χ1v) is 8.45. The maximum atomic E-state index is 12.2. The van der Waals surface area contributed by atoms with Gasteiger partial charge in [0.15, 0.2) is 17.6 Å². The van der Waals surface area contributed by atoms with Crippen molar-refractivity contribution in [1.82, 2.24) is 5.32 Å². The molecule has 0 spiro atoms. The summed E-state index contributed by atoms with van der Waals surface area (Å²) in [5.74, 6) is 1.05. The molecule has 0 heterocycles. The van der Waals surface area contributed by atoms with Crippen LogP contribution in [0.3, 0.4) is 0 Å². The van der Waals surface area contributed by atoms with Gasteiger partial charge < -0.3 is 19.7 Å². The van der Waals surface area contributed by atoms with Crippen LogP contribution in [-0.4, -0.2) is 39.3 Å². The first-order valence-electron chi connectivity index (χ1n) is 8.45. The molecule has 0 bridgehead atoms. The largest absolute Gasteiger partial charge is 0.493 e. The Kier molecular flexibility index (Phi) is 7.14. The molecule has 2 rings (SSSR count). The van der Waals surface area contributed by atoms with Crippen molar-refractivity contribution in [3.63, 3.8) is 0 Å². The lowest BCUT2D eigenvalue weighted by atomic mass is 10.2. The van der Waals surface area contributed by atoms with Gasteiger partial charge in [0.25, 0.3) is 5.91 Å². The number of nitrogens with one attached hydrogen (secondary N) is 1. The van der Waals surface area contributed by atoms with Crippen molar-refractivity contribution in [2.24, 2.45) is 0 Å². The van der Waals surface area contributed by atoms with Gasteiger partial charge in [0.2, 0.25) is 0 Å². The van der Waals surface area contributed by atoms with E-state index in [1.54, 1.807) is 26.2 Å². The van der Waals surface area contributed by atoms with Gasteiger partial charge in [0, 0.05) is 25.8 Å². The number of carbonyl (C=O) groups is 1. The summed E-state index contributed by atoms with van der Waals surface area (Å²) in [5, 5.41) is 2.92. The number of hydrogen-bond acceptors (Lipinski definition) is 4. The third kappa shape index (κ3) is 5.71. The third-order valence-corrected chi connectivity index (χ3v) is 3.91. The number of para-hydroxylation sites is 3. The first-order chi connectivity index (χ1) is 12.1. The van der Waals surface area contributed by atoms with E-state index in [-0.39, 0.29) is 5.91 Å². The minimum atomic E-state index is -0.580. The Bertz CT molecular complexity index is 661. The van der Waals surface area contributed by atoms with Crippen LogP contribution in [0.25, 0.3) is 0 Å². The van der Waals surface area contributed by atoms with Gasteiger partial charge in [-0.1, -0.05) is 30.3 Å². The minimum absolute atomic E-state index is 0.131. The van der Waals surface area contributed by atoms with Crippen molar-refractivity contribution in [2.45, 2.75) is 19.4 Å². The fourth-order valence-electron chi connectivity index (χ4n) is 2.44. The van der Waals surface area contributed by atoms with E-state index in [2.05, 4.69) is 22.3 Å². The highest BCUT2D eigenvalue weighted by Crippen LogP contribution is 2.26. The zero-order chi connectivity index (χ0) is 18.1. The number of amides is 1. The molecule has 0 saturated carbocycles. The fraction of sp³-hybridized carbons (Fsp3) is 0.350. The first kappa shape index (κ1) is 18.6. The van der Waals surface area contributed by atoms with E-state index < -0.39 is 6.10 Å². The van der Waals surface area contributed by atoms with E-state index in [1.807, 2.05) is 37.4 Å². The number of carbonyl (C=O) groups excluding carboxylic acids is 1. The van der Waals surface area contributed by atoms with Crippen LogP contribution >= 0.6 is 0 Å². The molecule has 0 aliphatic carbocycles. The van der Waals surface area contributed by atoms with E-state index in [0.29, 0.717) is 18.0 Å². The Morgan fingerprint density at radius 2 is 1.72 bits per heavy atom. The topological polar surface area (TPSA) is 50.8 Å². The van der Waals surface area contributed by atoms with Crippen molar-refractivity contribution in [3.8, 4) is 11.5 Å². The summed E-state index contributed by atoms with van der Waals surface area (Å²) >= 11 is 0. The molecule has 0 saturated heterocycles. The van der Waals surface area contributed by atoms with E-state index in [9.17, 15) is 4.79 Å². The number of anilines is 1. The quantitative estimate of drug-likeness (QED) is 0.712. The molecule has 2 aromatic carbocycles. The van der Waals surface area contributed by atoms with E-state index >= 15 is 0 Å². The average molecular weight is 342 g/mol. The average Bonchev–Trinajstić information content (AvgIpc) is 2.65. The normalized spacial score (nSPS) is 11.5. The summed E-state index contributed by atoms with van der Waals surface area (Å²) in [6.07, 6.45) is 0.279. The molecular weight excluding hydrogens is 316 g/mol. The van der Waals surface area contributed by atoms with Crippen molar-refractivity contribution in [3.05, 3.63) is 54.6 Å². The molecule has 1 atom stereocenters. The monoisotopic (exact) mass is 342 g/mol. The Morgan fingerprint density at radius 1 is 1.08 bits per heavy atom. The molecule has 5 nitrogen and oxygen atoms in total. The molecule has 5 heteroatoms. The van der Waals surface area contributed by atoms with Crippen LogP contribution in [-0.2, 0) is 4.79 Å². The maximum Gasteiger partial charge on any atom is 0.260 e. The van der Waals surface area contributed by atoms with Gasteiger partial charge in [0.05, 0.1) is 7.11 Å². The Hall–Kier alpha value is -2.69.